The molecular weight excluding hydrogens is 546 g/mol. The minimum absolute atomic E-state index is 0.0767. The van der Waals surface area contributed by atoms with Crippen molar-refractivity contribution in [1.29, 1.82) is 0 Å². The van der Waals surface area contributed by atoms with Crippen LogP contribution in [0.3, 0.4) is 0 Å². The fourth-order valence-corrected chi connectivity index (χ4v) is 4.84. The Morgan fingerprint density at radius 3 is 2.26 bits per heavy atom. The number of nitrogens with one attached hydrogen (secondary N) is 4. The van der Waals surface area contributed by atoms with E-state index in [9.17, 15) is 19.2 Å². The predicted octanol–water partition coefficient (Wildman–Crippen LogP) is -0.0341. The lowest BCUT2D eigenvalue weighted by Gasteiger charge is -2.35. The number of rotatable bonds is 18. The Labute approximate surface area is 250 Å². The van der Waals surface area contributed by atoms with Gasteiger partial charge in [-0.25, -0.2) is 0 Å². The van der Waals surface area contributed by atoms with Crippen LogP contribution in [0.4, 0.5) is 0 Å². The van der Waals surface area contributed by atoms with Crippen LogP contribution >= 0.6 is 0 Å². The Balaban J connectivity index is 1.85. The van der Waals surface area contributed by atoms with Crippen molar-refractivity contribution in [3.8, 4) is 0 Å². The van der Waals surface area contributed by atoms with Crippen LogP contribution in [-0.2, 0) is 38.1 Å². The molecule has 3 amide bonds. The molecule has 0 radical (unpaired) electrons. The zero-order chi connectivity index (χ0) is 31.1. The van der Waals surface area contributed by atoms with E-state index in [1.54, 1.807) is 6.92 Å². The number of hydrogen-bond acceptors (Lipinski definition) is 10. The number of carbonyl (C=O) groups excluding carboxylic acids is 4. The molecule has 0 aromatic carbocycles. The van der Waals surface area contributed by atoms with Crippen LogP contribution < -0.4 is 21.3 Å². The van der Waals surface area contributed by atoms with Crippen LogP contribution in [0.5, 0.6) is 0 Å². The van der Waals surface area contributed by atoms with E-state index < -0.39 is 35.4 Å². The number of hydrogen-bond donors (Lipinski definition) is 4. The van der Waals surface area contributed by atoms with Crippen molar-refractivity contribution in [3.63, 3.8) is 0 Å². The molecule has 242 valence electrons. The van der Waals surface area contributed by atoms with Crippen LogP contribution in [0.1, 0.15) is 60.8 Å². The quantitative estimate of drug-likeness (QED) is 0.125. The molecule has 2 aliphatic heterocycles. The van der Waals surface area contributed by atoms with Gasteiger partial charge in [-0.2, -0.15) is 0 Å². The van der Waals surface area contributed by atoms with E-state index >= 15 is 0 Å². The zero-order valence-corrected chi connectivity index (χ0v) is 26.3. The lowest BCUT2D eigenvalue weighted by atomic mass is 9.85. The highest BCUT2D eigenvalue weighted by Gasteiger charge is 2.46. The molecule has 2 aliphatic rings. The minimum atomic E-state index is -0.921. The Morgan fingerprint density at radius 1 is 1.00 bits per heavy atom. The van der Waals surface area contributed by atoms with E-state index in [-0.39, 0.29) is 44.1 Å². The first-order chi connectivity index (χ1) is 19.9. The average Bonchev–Trinajstić information content (AvgIpc) is 3.60. The van der Waals surface area contributed by atoms with Gasteiger partial charge in [0.15, 0.2) is 0 Å². The number of esters is 1. The Hall–Kier alpha value is -2.32. The molecule has 0 aromatic rings. The zero-order valence-electron chi connectivity index (χ0n) is 26.3. The maximum Gasteiger partial charge on any atom is 0.323 e. The van der Waals surface area contributed by atoms with E-state index in [0.29, 0.717) is 45.4 Å². The average molecular weight is 600 g/mol. The molecule has 2 saturated heterocycles. The topological polar surface area (TPSA) is 157 Å². The van der Waals surface area contributed by atoms with Crippen molar-refractivity contribution in [2.24, 2.45) is 5.41 Å². The summed E-state index contributed by atoms with van der Waals surface area (Å²) >= 11 is 0. The molecule has 0 spiro atoms. The second kappa shape index (κ2) is 18.4. The second-order valence-electron chi connectivity index (χ2n) is 12.1. The van der Waals surface area contributed by atoms with Gasteiger partial charge in [0.1, 0.15) is 30.8 Å². The van der Waals surface area contributed by atoms with Gasteiger partial charge in [-0.3, -0.25) is 19.2 Å². The molecule has 42 heavy (non-hydrogen) atoms. The van der Waals surface area contributed by atoms with Gasteiger partial charge in [0, 0.05) is 25.6 Å². The van der Waals surface area contributed by atoms with Gasteiger partial charge in [-0.1, -0.05) is 34.6 Å². The highest BCUT2D eigenvalue weighted by atomic mass is 16.6. The van der Waals surface area contributed by atoms with E-state index in [4.69, 9.17) is 18.9 Å². The maximum atomic E-state index is 13.8. The first-order valence-electron chi connectivity index (χ1n) is 15.2. The number of likely N-dealkylation sites (tertiary alicyclic amines) is 1. The fraction of sp³-hybridized carbons (Fsp3) is 0.862. The fourth-order valence-electron chi connectivity index (χ4n) is 4.84. The van der Waals surface area contributed by atoms with Gasteiger partial charge in [-0.05, 0) is 31.7 Å². The van der Waals surface area contributed by atoms with E-state index in [2.05, 4.69) is 35.1 Å². The first kappa shape index (κ1) is 35.9. The normalized spacial score (nSPS) is 21.4. The van der Waals surface area contributed by atoms with Crippen molar-refractivity contribution >= 4 is 23.7 Å². The van der Waals surface area contributed by atoms with Gasteiger partial charge in [-0.15, -0.1) is 0 Å². The van der Waals surface area contributed by atoms with Crippen LogP contribution in [0.15, 0.2) is 0 Å². The van der Waals surface area contributed by atoms with Crippen LogP contribution in [-0.4, -0.2) is 125 Å². The first-order valence-corrected chi connectivity index (χ1v) is 15.2. The Bertz CT molecular complexity index is 859. The summed E-state index contributed by atoms with van der Waals surface area (Å²) in [7, 11) is 0. The number of ether oxygens (including phenoxy) is 4. The summed E-state index contributed by atoms with van der Waals surface area (Å²) in [4.78, 5) is 53.5. The summed E-state index contributed by atoms with van der Waals surface area (Å²) in [5.41, 5.74) is -0.658. The third-order valence-corrected chi connectivity index (χ3v) is 7.02. The predicted molar refractivity (Wildman–Crippen MR) is 157 cm³/mol. The molecule has 2 rings (SSSR count). The molecule has 2 fully saturated rings. The molecule has 4 N–H and O–H groups in total. The number of nitrogens with zero attached hydrogens (tertiary/aromatic N) is 1. The molecule has 0 saturated carbocycles. The SMILES string of the molecule is CCNC(=O)C1CC(OC(=O)C2CCCN2)CN1C(=O)C(NC(=O)COCCOCCOCCNC(C)C)C(C)(C)C. The lowest BCUT2D eigenvalue weighted by Crippen LogP contribution is -2.58. The molecule has 0 aromatic heterocycles. The monoisotopic (exact) mass is 599 g/mol. The molecule has 2 heterocycles. The van der Waals surface area contributed by atoms with Crippen molar-refractivity contribution in [3.05, 3.63) is 0 Å². The third kappa shape index (κ3) is 12.5. The van der Waals surface area contributed by atoms with Crippen LogP contribution in [0, 0.1) is 5.41 Å². The van der Waals surface area contributed by atoms with Gasteiger partial charge >= 0.3 is 5.97 Å². The van der Waals surface area contributed by atoms with Gasteiger partial charge in [0.2, 0.25) is 17.7 Å². The molecular formula is C29H53N5O8. The van der Waals surface area contributed by atoms with E-state index in [1.165, 1.54) is 4.90 Å². The Kier molecular flexibility index (Phi) is 15.7. The van der Waals surface area contributed by atoms with Crippen molar-refractivity contribution < 1.29 is 38.1 Å². The second-order valence-corrected chi connectivity index (χ2v) is 12.1. The summed E-state index contributed by atoms with van der Waals surface area (Å²) < 4.78 is 22.1. The van der Waals surface area contributed by atoms with E-state index in [1.807, 2.05) is 20.8 Å². The highest BCUT2D eigenvalue weighted by molar-refractivity contribution is 5.93. The van der Waals surface area contributed by atoms with Crippen LogP contribution in [0.25, 0.3) is 0 Å². The number of amides is 3. The summed E-state index contributed by atoms with van der Waals surface area (Å²) in [6, 6.07) is -1.68. The third-order valence-electron chi connectivity index (χ3n) is 7.02. The largest absolute Gasteiger partial charge is 0.459 e. The molecule has 0 bridgehead atoms. The molecule has 4 unspecified atom stereocenters. The highest BCUT2D eigenvalue weighted by Crippen LogP contribution is 2.27. The van der Waals surface area contributed by atoms with Crippen molar-refractivity contribution in [2.45, 2.75) is 91.1 Å². The minimum Gasteiger partial charge on any atom is -0.459 e. The summed E-state index contributed by atoms with van der Waals surface area (Å²) in [5.74, 6) is -1.54. The Morgan fingerprint density at radius 2 is 1.67 bits per heavy atom. The van der Waals surface area contributed by atoms with Gasteiger partial charge < -0.3 is 45.1 Å². The molecule has 4 atom stereocenters. The standard InChI is InChI=1S/C29H53N5O8/c1-7-30-26(36)23-17-21(42-28(38)22-9-8-10-32-22)18-34(23)27(37)25(29(4,5)6)33-24(35)19-41-16-15-40-14-13-39-12-11-31-20(2)3/h20-23,25,31-32H,7-19H2,1-6H3,(H,30,36)(H,33,35). The lowest BCUT2D eigenvalue weighted by molar-refractivity contribution is -0.151. The summed E-state index contributed by atoms with van der Waals surface area (Å²) in [6.45, 7) is 15.3. The molecule has 0 aliphatic carbocycles. The number of likely N-dealkylation sites (N-methyl/N-ethyl adjacent to an activating group) is 1. The van der Waals surface area contributed by atoms with Crippen molar-refractivity contribution in [1.82, 2.24) is 26.2 Å². The van der Waals surface area contributed by atoms with Gasteiger partial charge in [0.25, 0.3) is 0 Å². The molecule has 13 heteroatoms. The number of carbonyl (C=O) groups is 4. The van der Waals surface area contributed by atoms with Gasteiger partial charge in [0.05, 0.1) is 39.6 Å². The maximum absolute atomic E-state index is 13.8. The van der Waals surface area contributed by atoms with Crippen molar-refractivity contribution in [2.75, 3.05) is 65.8 Å². The molecule has 13 nitrogen and oxygen atoms in total. The summed E-state index contributed by atoms with van der Waals surface area (Å²) in [6.07, 6.45) is 1.18. The van der Waals surface area contributed by atoms with E-state index in [0.717, 1.165) is 19.5 Å². The smallest absolute Gasteiger partial charge is 0.323 e. The summed E-state index contributed by atoms with van der Waals surface area (Å²) in [5, 5.41) is 11.9. The van der Waals surface area contributed by atoms with Crippen LogP contribution in [0.2, 0.25) is 0 Å².